The molecule has 0 unspecified atom stereocenters. The van der Waals surface area contributed by atoms with Crippen LogP contribution in [0.3, 0.4) is 0 Å². The third kappa shape index (κ3) is 7.80. The minimum Gasteiger partial charge on any atom is -0.444 e. The van der Waals surface area contributed by atoms with Gasteiger partial charge in [-0.15, -0.1) is 0 Å². The predicted octanol–water partition coefficient (Wildman–Crippen LogP) is 5.71. The molecule has 0 radical (unpaired) electrons. The van der Waals surface area contributed by atoms with Gasteiger partial charge < -0.3 is 15.0 Å². The van der Waals surface area contributed by atoms with E-state index in [9.17, 15) is 9.59 Å². The van der Waals surface area contributed by atoms with Gasteiger partial charge in [-0.1, -0.05) is 11.6 Å². The van der Waals surface area contributed by atoms with Crippen LogP contribution in [0.2, 0.25) is 5.02 Å². The van der Waals surface area contributed by atoms with E-state index in [1.165, 1.54) is 6.42 Å². The van der Waals surface area contributed by atoms with Crippen LogP contribution in [0, 0.1) is 11.8 Å². The molecule has 1 N–H and O–H groups in total. The number of carbonyl (C=O) groups is 2. The Kier molecular flexibility index (Phi) is 8.40. The second-order valence-electron chi connectivity index (χ2n) is 10.1. The molecule has 1 amide bonds. The highest BCUT2D eigenvalue weighted by molar-refractivity contribution is 6.30. The third-order valence-electron chi connectivity index (χ3n) is 6.51. The number of likely N-dealkylation sites (tertiary alicyclic amines) is 1. The van der Waals surface area contributed by atoms with Crippen LogP contribution in [0.15, 0.2) is 24.3 Å². The first-order valence-corrected chi connectivity index (χ1v) is 12.1. The highest BCUT2D eigenvalue weighted by Crippen LogP contribution is 2.29. The molecule has 1 saturated heterocycles. The van der Waals surface area contributed by atoms with Crippen molar-refractivity contribution in [1.82, 2.24) is 10.2 Å². The summed E-state index contributed by atoms with van der Waals surface area (Å²) in [5.74, 6) is 1.11. The lowest BCUT2D eigenvalue weighted by Crippen LogP contribution is -2.41. The summed E-state index contributed by atoms with van der Waals surface area (Å²) in [4.78, 5) is 27.2. The van der Waals surface area contributed by atoms with Crippen LogP contribution in [-0.2, 0) is 4.74 Å². The summed E-state index contributed by atoms with van der Waals surface area (Å²) >= 11 is 5.93. The Bertz CT molecular complexity index is 728. The average Bonchev–Trinajstić information content (AvgIpc) is 2.72. The van der Waals surface area contributed by atoms with Crippen molar-refractivity contribution in [2.24, 2.45) is 11.8 Å². The van der Waals surface area contributed by atoms with E-state index >= 15 is 0 Å². The number of rotatable bonds is 6. The van der Waals surface area contributed by atoms with Crippen molar-refractivity contribution in [2.45, 2.75) is 77.4 Å². The van der Waals surface area contributed by atoms with Crippen LogP contribution in [0.4, 0.5) is 4.79 Å². The lowest BCUT2D eigenvalue weighted by atomic mass is 9.83. The number of amides is 1. The molecule has 3 rings (SSSR count). The summed E-state index contributed by atoms with van der Waals surface area (Å²) < 4.78 is 5.37. The maximum atomic E-state index is 12.7. The lowest BCUT2D eigenvalue weighted by Gasteiger charge is -2.34. The van der Waals surface area contributed by atoms with Crippen LogP contribution < -0.4 is 5.32 Å². The molecule has 0 aromatic heterocycles. The maximum absolute atomic E-state index is 12.7. The van der Waals surface area contributed by atoms with Gasteiger partial charge >= 0.3 is 6.09 Å². The Hall–Kier alpha value is -1.59. The van der Waals surface area contributed by atoms with E-state index in [-0.39, 0.29) is 23.8 Å². The molecule has 2 aliphatic rings. The average molecular weight is 449 g/mol. The van der Waals surface area contributed by atoms with Gasteiger partial charge in [-0.2, -0.15) is 0 Å². The number of Topliss-reactive ketones (excluding diaryl/α,β-unsaturated/α-hetero) is 1. The topological polar surface area (TPSA) is 58.6 Å². The van der Waals surface area contributed by atoms with E-state index < -0.39 is 5.60 Å². The first-order chi connectivity index (χ1) is 14.7. The van der Waals surface area contributed by atoms with E-state index in [2.05, 4.69) is 10.2 Å². The first-order valence-electron chi connectivity index (χ1n) is 11.7. The molecule has 0 atom stereocenters. The van der Waals surface area contributed by atoms with Crippen LogP contribution in [-0.4, -0.2) is 48.1 Å². The van der Waals surface area contributed by atoms with Crippen molar-refractivity contribution in [2.75, 3.05) is 19.6 Å². The van der Waals surface area contributed by atoms with E-state index in [1.807, 2.05) is 32.9 Å². The van der Waals surface area contributed by atoms with Crippen LogP contribution in [0.5, 0.6) is 0 Å². The summed E-state index contributed by atoms with van der Waals surface area (Å²) in [5.41, 5.74) is 0.327. The normalized spacial score (nSPS) is 23.4. The quantitative estimate of drug-likeness (QED) is 0.566. The van der Waals surface area contributed by atoms with Gasteiger partial charge in [-0.3, -0.25) is 4.79 Å². The molecule has 31 heavy (non-hydrogen) atoms. The Morgan fingerprint density at radius 3 is 2.23 bits per heavy atom. The van der Waals surface area contributed by atoms with Crippen LogP contribution >= 0.6 is 11.6 Å². The second kappa shape index (κ2) is 10.8. The molecule has 1 saturated carbocycles. The zero-order chi connectivity index (χ0) is 22.4. The smallest absolute Gasteiger partial charge is 0.407 e. The van der Waals surface area contributed by atoms with E-state index in [0.29, 0.717) is 5.02 Å². The van der Waals surface area contributed by atoms with E-state index in [4.69, 9.17) is 16.3 Å². The Labute approximate surface area is 191 Å². The van der Waals surface area contributed by atoms with Crippen molar-refractivity contribution in [3.8, 4) is 0 Å². The minimum atomic E-state index is -0.450. The number of ketones is 1. The molecule has 172 valence electrons. The van der Waals surface area contributed by atoms with Crippen LogP contribution in [0.1, 0.15) is 76.1 Å². The second-order valence-corrected chi connectivity index (χ2v) is 10.6. The zero-order valence-electron chi connectivity index (χ0n) is 19.2. The minimum absolute atomic E-state index is 0.131. The van der Waals surface area contributed by atoms with Crippen molar-refractivity contribution >= 4 is 23.5 Å². The molecule has 1 aliphatic heterocycles. The number of benzene rings is 1. The number of halogens is 1. The SMILES string of the molecule is CC(C)(C)OC(=O)N[C@H]1CC[C@H](CCN2CCC(C(=O)c3ccc(Cl)cc3)CC2)CC1. The van der Waals surface area contributed by atoms with Gasteiger partial charge in [0.2, 0.25) is 0 Å². The fourth-order valence-corrected chi connectivity index (χ4v) is 4.83. The molecule has 1 heterocycles. The molecule has 5 nitrogen and oxygen atoms in total. The van der Waals surface area contributed by atoms with Crippen molar-refractivity contribution in [1.29, 1.82) is 0 Å². The van der Waals surface area contributed by atoms with Gasteiger partial charge in [0.25, 0.3) is 0 Å². The fourth-order valence-electron chi connectivity index (χ4n) is 4.70. The maximum Gasteiger partial charge on any atom is 0.407 e. The first kappa shape index (κ1) is 24.1. The number of nitrogens with one attached hydrogen (secondary N) is 1. The van der Waals surface area contributed by atoms with Crippen LogP contribution in [0.25, 0.3) is 0 Å². The molecule has 1 aromatic rings. The number of hydrogen-bond acceptors (Lipinski definition) is 4. The van der Waals surface area contributed by atoms with Gasteiger partial charge in [-0.05, 0) is 116 Å². The number of hydrogen-bond donors (Lipinski definition) is 1. The Morgan fingerprint density at radius 1 is 1.03 bits per heavy atom. The monoisotopic (exact) mass is 448 g/mol. The van der Waals surface area contributed by atoms with Crippen molar-refractivity contribution in [3.05, 3.63) is 34.9 Å². The molecule has 2 fully saturated rings. The zero-order valence-corrected chi connectivity index (χ0v) is 19.9. The summed E-state index contributed by atoms with van der Waals surface area (Å²) in [6.45, 7) is 8.77. The van der Waals surface area contributed by atoms with E-state index in [1.54, 1.807) is 12.1 Å². The summed E-state index contributed by atoms with van der Waals surface area (Å²) in [5, 5.41) is 3.69. The molecule has 1 aromatic carbocycles. The highest BCUT2D eigenvalue weighted by Gasteiger charge is 2.28. The lowest BCUT2D eigenvalue weighted by molar-refractivity contribution is 0.0485. The van der Waals surface area contributed by atoms with E-state index in [0.717, 1.165) is 69.6 Å². The summed E-state index contributed by atoms with van der Waals surface area (Å²) in [6.07, 6.45) is 7.16. The molecule has 0 bridgehead atoms. The van der Waals surface area contributed by atoms with Gasteiger partial charge in [0.05, 0.1) is 0 Å². The fraction of sp³-hybridized carbons (Fsp3) is 0.680. The van der Waals surface area contributed by atoms with Crippen molar-refractivity contribution < 1.29 is 14.3 Å². The number of alkyl carbamates (subject to hydrolysis) is 1. The third-order valence-corrected chi connectivity index (χ3v) is 6.76. The number of ether oxygens (including phenoxy) is 1. The van der Waals surface area contributed by atoms with Gasteiger partial charge in [-0.25, -0.2) is 4.79 Å². The standard InChI is InChI=1S/C25H37ClN2O3/c1-25(2,3)31-24(30)27-22-10-4-18(5-11-22)12-15-28-16-13-20(14-17-28)23(29)19-6-8-21(26)9-7-19/h6-9,18,20,22H,4-5,10-17H2,1-3H3,(H,27,30)/t18-,22-. The van der Waals surface area contributed by atoms with Crippen molar-refractivity contribution in [3.63, 3.8) is 0 Å². The molecular formula is C25H37ClN2O3. The predicted molar refractivity (Wildman–Crippen MR) is 125 cm³/mol. The number of nitrogens with zero attached hydrogens (tertiary/aromatic N) is 1. The van der Waals surface area contributed by atoms with Gasteiger partial charge in [0.1, 0.15) is 5.60 Å². The number of carbonyl (C=O) groups excluding carboxylic acids is 2. The van der Waals surface area contributed by atoms with Gasteiger partial charge in [0.15, 0.2) is 5.78 Å². The van der Waals surface area contributed by atoms with Gasteiger partial charge in [0, 0.05) is 22.5 Å². The Balaban J connectivity index is 1.32. The summed E-state index contributed by atoms with van der Waals surface area (Å²) in [7, 11) is 0. The largest absolute Gasteiger partial charge is 0.444 e. The number of piperidine rings is 1. The summed E-state index contributed by atoms with van der Waals surface area (Å²) in [6, 6.07) is 7.50. The molecule has 0 spiro atoms. The molecule has 6 heteroatoms. The molecular weight excluding hydrogens is 412 g/mol. The highest BCUT2D eigenvalue weighted by atomic mass is 35.5. The Morgan fingerprint density at radius 2 is 1.65 bits per heavy atom. The molecule has 1 aliphatic carbocycles.